The molecule has 7 N–H and O–H groups in total. The van der Waals surface area contributed by atoms with Crippen LogP contribution in [0.3, 0.4) is 0 Å². The highest BCUT2D eigenvalue weighted by atomic mass is 16.5. The third-order valence-electron chi connectivity index (χ3n) is 20.4. The fourth-order valence-electron chi connectivity index (χ4n) is 12.8. The molecule has 0 aliphatic rings. The van der Waals surface area contributed by atoms with Gasteiger partial charge in [-0.05, 0) is 159 Å². The molecule has 0 saturated heterocycles. The molecule has 0 unspecified atom stereocenters. The van der Waals surface area contributed by atoms with E-state index in [1.54, 1.807) is 18.7 Å². The molecule has 0 radical (unpaired) electrons. The number of imidazole rings is 1. The molecular formula is C103H142N14O5. The van der Waals surface area contributed by atoms with E-state index in [2.05, 4.69) is 271 Å². The van der Waals surface area contributed by atoms with Crippen LogP contribution in [0.25, 0.3) is 56.8 Å². The highest BCUT2D eigenvalue weighted by Gasteiger charge is 2.17. The molecule has 12 rings (SSSR count). The minimum Gasteiger partial charge on any atom is -0.445 e. The number of ketones is 1. The van der Waals surface area contributed by atoms with E-state index in [-0.39, 0.29) is 18.6 Å². The molecule has 0 aliphatic heterocycles. The number of oxazole rings is 2. The topological polar surface area (TPSA) is 250 Å². The van der Waals surface area contributed by atoms with Crippen molar-refractivity contribution in [3.63, 3.8) is 0 Å². The molecule has 19 nitrogen and oxygen atoms in total. The Morgan fingerprint density at radius 3 is 1.65 bits per heavy atom. The molecule has 0 atom stereocenters. The zero-order chi connectivity index (χ0) is 88.9. The van der Waals surface area contributed by atoms with Gasteiger partial charge in [0.05, 0.1) is 78.4 Å². The van der Waals surface area contributed by atoms with Crippen molar-refractivity contribution >= 4 is 17.6 Å². The van der Waals surface area contributed by atoms with E-state index in [0.29, 0.717) is 72.4 Å². The van der Waals surface area contributed by atoms with Gasteiger partial charge in [-0.2, -0.15) is 0 Å². The van der Waals surface area contributed by atoms with Crippen LogP contribution in [0.2, 0.25) is 0 Å². The number of carbonyl (C=O) groups excluding carboxylic acids is 2. The van der Waals surface area contributed by atoms with Crippen molar-refractivity contribution in [2.45, 2.75) is 250 Å². The standard InChI is InChI=1S/C21H22N2O3.C18H28N4.C18H28O.C17H20N4.C14H22N2.C13H16N2O.C2H6/c1-15(2)17-9-6-10-18(11-17)19-12-22-20(26-19)13-23-21(24)25-14-16-7-4-3-5-8-16;1-4-5-6-7-11-19-13-17-14-22(21-20-17)18-10-8-9-16(12-18)15(2)3;1-4-5-6-7-11-18(19)13-12-16-9-8-10-17(14-16)15(2)3;1-12(2)13-8-14(16-6-5-7-20(16)3)19-15(9-13)17-10-18-11-21(17)4;1-11(16-10-9-15)12-5-7-13(8-6-12)14(2,3)4;1-9(2)10-4-3-5-11(6-10)12-8-15-13(7-14)16-12;1-2/h3-12,15H,13-14H2,1-2H3,(H,23,24);8-10,12,14-15,19H,4-7,11,13H2,1-3H3;8-10,14-15H,4-7,11-13H2,1-3H3;5-12H,1-4H3;5-8,16H,1,9-10,15H2,2-4H3;3-6,8-9H,7,14H2,1-2H3;1-2H3. The van der Waals surface area contributed by atoms with Gasteiger partial charge in [-0.3, -0.25) is 4.79 Å². The van der Waals surface area contributed by atoms with Crippen molar-refractivity contribution in [3.8, 4) is 51.1 Å². The summed E-state index contributed by atoms with van der Waals surface area (Å²) in [5.41, 5.74) is 31.5. The quantitative estimate of drug-likeness (QED) is 0.0235. The van der Waals surface area contributed by atoms with Crippen molar-refractivity contribution in [2.24, 2.45) is 25.6 Å². The first-order valence-corrected chi connectivity index (χ1v) is 44.1. The number of hydrogen-bond acceptors (Lipinski definition) is 15. The van der Waals surface area contributed by atoms with Crippen molar-refractivity contribution in [1.82, 2.24) is 60.0 Å². The molecule has 6 aromatic carbocycles. The molecule has 12 aromatic rings. The van der Waals surface area contributed by atoms with Gasteiger partial charge in [0, 0.05) is 69.6 Å². The number of aryl methyl sites for hydroxylation is 3. The number of unbranched alkanes of at least 4 members (excludes halogenated alkanes) is 6. The lowest BCUT2D eigenvalue weighted by atomic mass is 9.86. The number of Topliss-reactive ketones (excluding diaryl/α,β-unsaturated/α-hetero) is 1. The van der Waals surface area contributed by atoms with Gasteiger partial charge in [-0.25, -0.2) is 29.4 Å². The van der Waals surface area contributed by atoms with Crippen LogP contribution in [-0.4, -0.2) is 75.6 Å². The number of ether oxygens (including phenoxy) is 1. The van der Waals surface area contributed by atoms with Gasteiger partial charge in [-0.15, -0.1) is 5.10 Å². The van der Waals surface area contributed by atoms with Crippen LogP contribution in [0.1, 0.15) is 279 Å². The Morgan fingerprint density at radius 1 is 0.541 bits per heavy atom. The summed E-state index contributed by atoms with van der Waals surface area (Å²) in [6, 6.07) is 60.2. The number of nitrogens with zero attached hydrogens (tertiary/aromatic N) is 9. The van der Waals surface area contributed by atoms with Crippen molar-refractivity contribution in [2.75, 3.05) is 19.6 Å². The summed E-state index contributed by atoms with van der Waals surface area (Å²) in [5, 5.41) is 17.8. The first-order chi connectivity index (χ1) is 58.7. The van der Waals surface area contributed by atoms with Gasteiger partial charge >= 0.3 is 6.09 Å². The zero-order valence-corrected chi connectivity index (χ0v) is 76.7. The number of amides is 1. The van der Waals surface area contributed by atoms with Gasteiger partial charge < -0.3 is 50.1 Å². The van der Waals surface area contributed by atoms with Crippen LogP contribution in [0.5, 0.6) is 0 Å². The lowest BCUT2D eigenvalue weighted by molar-refractivity contribution is -0.119. The van der Waals surface area contributed by atoms with E-state index in [0.717, 1.165) is 107 Å². The summed E-state index contributed by atoms with van der Waals surface area (Å²) in [4.78, 5) is 40.9. The van der Waals surface area contributed by atoms with Crippen molar-refractivity contribution in [3.05, 3.63) is 287 Å². The van der Waals surface area contributed by atoms with E-state index in [9.17, 15) is 9.59 Å². The summed E-state index contributed by atoms with van der Waals surface area (Å²) in [5.74, 6) is 5.39. The van der Waals surface area contributed by atoms with Gasteiger partial charge in [0.2, 0.25) is 11.8 Å². The first-order valence-electron chi connectivity index (χ1n) is 44.1. The molecule has 122 heavy (non-hydrogen) atoms. The van der Waals surface area contributed by atoms with Crippen LogP contribution in [0.15, 0.2) is 229 Å². The van der Waals surface area contributed by atoms with E-state index in [4.69, 9.17) is 30.0 Å². The van der Waals surface area contributed by atoms with Gasteiger partial charge in [0.1, 0.15) is 12.4 Å². The molecule has 19 heteroatoms. The Bertz CT molecular complexity index is 4900. The normalized spacial score (nSPS) is 10.9. The zero-order valence-electron chi connectivity index (χ0n) is 76.7. The maximum Gasteiger partial charge on any atom is 0.407 e. The number of nitrogens with one attached hydrogen (secondary N) is 3. The number of carbonyl (C=O) groups is 2. The number of alkyl carbamates (subject to hydrolysis) is 1. The average molecular weight is 1660 g/mol. The lowest BCUT2D eigenvalue weighted by Crippen LogP contribution is -2.23. The fraction of sp³-hybridized carbons (Fsp3) is 0.417. The highest BCUT2D eigenvalue weighted by molar-refractivity contribution is 5.78. The van der Waals surface area contributed by atoms with Crippen molar-refractivity contribution < 1.29 is 23.2 Å². The molecule has 0 spiro atoms. The summed E-state index contributed by atoms with van der Waals surface area (Å²) < 4.78 is 22.4. The maximum atomic E-state index is 11.8. The SMILES string of the molecule is C=C(NCCN)c1ccc(C(C)(C)C)cc1.CC.CC(C)c1cc(-c2cccn2C)nc(-c2cncn2C)c1.CC(C)c1cccc(-c2cnc(CN)o2)c1.CC(C)c1cccc(-c2cnc(CNC(=O)OCc3ccccc3)o2)c1.CCCCCCC(=O)CCc1cccc(C(C)C)c1.CCCCCCNCc1cn(-c2cccc(C(C)C)c2)nn1. The second-order valence-electron chi connectivity index (χ2n) is 33.0. The fourth-order valence-corrected chi connectivity index (χ4v) is 12.8. The molecule has 6 aromatic heterocycles. The molecule has 0 fully saturated rings. The molecule has 0 aliphatic carbocycles. The summed E-state index contributed by atoms with van der Waals surface area (Å²) >= 11 is 0. The Morgan fingerprint density at radius 2 is 1.10 bits per heavy atom. The smallest absolute Gasteiger partial charge is 0.407 e. The van der Waals surface area contributed by atoms with Crippen molar-refractivity contribution in [1.29, 1.82) is 0 Å². The molecule has 0 bridgehead atoms. The number of hydrogen-bond donors (Lipinski definition) is 5. The van der Waals surface area contributed by atoms with Crippen LogP contribution >= 0.6 is 0 Å². The number of pyridine rings is 1. The lowest BCUT2D eigenvalue weighted by Gasteiger charge is -2.19. The Labute approximate surface area is 729 Å². The summed E-state index contributed by atoms with van der Waals surface area (Å²) in [7, 11) is 4.04. The summed E-state index contributed by atoms with van der Waals surface area (Å²) in [6.45, 7) is 44.9. The average Bonchev–Trinajstić information content (AvgIpc) is 1.63. The van der Waals surface area contributed by atoms with Gasteiger partial charge in [0.15, 0.2) is 11.5 Å². The maximum absolute atomic E-state index is 11.8. The van der Waals surface area contributed by atoms with E-state index >= 15 is 0 Å². The minimum atomic E-state index is -0.504. The third-order valence-corrected chi connectivity index (χ3v) is 20.4. The van der Waals surface area contributed by atoms with E-state index in [1.165, 1.54) is 83.9 Å². The number of benzene rings is 6. The minimum absolute atomic E-state index is 0.178. The molecule has 1 amide bonds. The number of nitrogens with two attached hydrogens (primary N) is 2. The molecule has 654 valence electrons. The van der Waals surface area contributed by atoms with Gasteiger partial charge in [0.25, 0.3) is 0 Å². The third kappa shape index (κ3) is 34.8. The Hall–Kier alpha value is -11.1. The second-order valence-corrected chi connectivity index (χ2v) is 33.0. The largest absolute Gasteiger partial charge is 0.445 e. The van der Waals surface area contributed by atoms with Gasteiger partial charge in [-0.1, -0.05) is 295 Å². The van der Waals surface area contributed by atoms with Crippen LogP contribution in [0, 0.1) is 0 Å². The first kappa shape index (κ1) is 99.7. The van der Waals surface area contributed by atoms with E-state index in [1.807, 2.05) is 116 Å². The summed E-state index contributed by atoms with van der Waals surface area (Å²) in [6.07, 6.45) is 22.9. The predicted molar refractivity (Wildman–Crippen MR) is 505 cm³/mol. The van der Waals surface area contributed by atoms with E-state index < -0.39 is 6.09 Å². The second kappa shape index (κ2) is 53.6. The number of rotatable bonds is 34. The Balaban J connectivity index is 0.000000227. The Kier molecular flexibility index (Phi) is 43.8. The van der Waals surface area contributed by atoms with Crippen LogP contribution < -0.4 is 27.4 Å². The monoisotopic (exact) mass is 1660 g/mol. The predicted octanol–water partition coefficient (Wildman–Crippen LogP) is 24.3. The molecule has 0 saturated carbocycles. The molecular weight excluding hydrogens is 1510 g/mol. The number of aromatic nitrogens is 9. The highest BCUT2D eigenvalue weighted by Crippen LogP contribution is 2.31. The molecule has 6 heterocycles. The van der Waals surface area contributed by atoms with Crippen LogP contribution in [0.4, 0.5) is 4.79 Å². The van der Waals surface area contributed by atoms with Crippen LogP contribution in [-0.2, 0) is 61.7 Å².